The Balaban J connectivity index is 1.61. The van der Waals surface area contributed by atoms with E-state index < -0.39 is 5.97 Å². The van der Waals surface area contributed by atoms with E-state index in [1.165, 1.54) is 11.3 Å². The standard InChI is InChI=1S/C30H38N2O4S/c1-20-7-9-21(10-8-20)28(33)32(22-11-13-23(14-12-22)36-24-6-5-17-31-19-24)26-18-25(15-16-30(2,3)4)37-27(26)29(34)35/h5-6,17-23H,7-14H2,1-4H3,(H,34,35)/t20-,21-,22-,23-. The fourth-order valence-corrected chi connectivity index (χ4v) is 6.10. The van der Waals surface area contributed by atoms with E-state index in [0.717, 1.165) is 57.1 Å². The van der Waals surface area contributed by atoms with Gasteiger partial charge < -0.3 is 14.7 Å². The fraction of sp³-hybridized carbons (Fsp3) is 0.567. The smallest absolute Gasteiger partial charge is 0.348 e. The number of rotatable bonds is 6. The van der Waals surface area contributed by atoms with Crippen molar-refractivity contribution in [3.05, 3.63) is 40.3 Å². The maximum atomic E-state index is 14.0. The van der Waals surface area contributed by atoms with Gasteiger partial charge in [0.15, 0.2) is 0 Å². The van der Waals surface area contributed by atoms with Crippen LogP contribution in [-0.4, -0.2) is 34.1 Å². The Morgan fingerprint density at radius 2 is 1.81 bits per heavy atom. The normalized spacial score (nSPS) is 24.0. The van der Waals surface area contributed by atoms with Crippen LogP contribution in [0.3, 0.4) is 0 Å². The third kappa shape index (κ3) is 7.13. The third-order valence-corrected chi connectivity index (χ3v) is 8.30. The lowest BCUT2D eigenvalue weighted by Gasteiger charge is -2.39. The van der Waals surface area contributed by atoms with Crippen LogP contribution in [0.2, 0.25) is 0 Å². The first-order valence-electron chi connectivity index (χ1n) is 13.4. The third-order valence-electron chi connectivity index (χ3n) is 7.28. The molecule has 0 bridgehead atoms. The second-order valence-electron chi connectivity index (χ2n) is 11.5. The first-order valence-corrected chi connectivity index (χ1v) is 14.2. The molecule has 198 valence electrons. The summed E-state index contributed by atoms with van der Waals surface area (Å²) in [5.74, 6) is 6.75. The van der Waals surface area contributed by atoms with Crippen molar-refractivity contribution in [3.63, 3.8) is 0 Å². The minimum atomic E-state index is -1.01. The molecule has 2 heterocycles. The van der Waals surface area contributed by atoms with Gasteiger partial charge in [0.05, 0.1) is 22.9 Å². The quantitative estimate of drug-likeness (QED) is 0.423. The summed E-state index contributed by atoms with van der Waals surface area (Å²) < 4.78 is 6.13. The molecule has 2 saturated carbocycles. The molecule has 0 saturated heterocycles. The van der Waals surface area contributed by atoms with Gasteiger partial charge in [0.2, 0.25) is 5.91 Å². The number of carbonyl (C=O) groups is 2. The number of thiophene rings is 1. The molecule has 0 radical (unpaired) electrons. The van der Waals surface area contributed by atoms with Crippen LogP contribution in [0.25, 0.3) is 0 Å². The summed E-state index contributed by atoms with van der Waals surface area (Å²) in [7, 11) is 0. The lowest BCUT2D eigenvalue weighted by Crippen LogP contribution is -2.47. The zero-order chi connectivity index (χ0) is 26.6. The summed E-state index contributed by atoms with van der Waals surface area (Å²) in [6, 6.07) is 5.53. The van der Waals surface area contributed by atoms with Crippen molar-refractivity contribution in [1.29, 1.82) is 0 Å². The summed E-state index contributed by atoms with van der Waals surface area (Å²) in [4.78, 5) is 33.2. The average Bonchev–Trinajstić information content (AvgIpc) is 3.29. The Morgan fingerprint density at radius 1 is 1.11 bits per heavy atom. The van der Waals surface area contributed by atoms with Gasteiger partial charge in [-0.25, -0.2) is 4.79 Å². The van der Waals surface area contributed by atoms with Crippen molar-refractivity contribution in [2.45, 2.75) is 91.2 Å². The molecule has 2 fully saturated rings. The molecule has 0 aromatic carbocycles. The number of nitrogens with zero attached hydrogens (tertiary/aromatic N) is 2. The number of carbonyl (C=O) groups excluding carboxylic acids is 1. The summed E-state index contributed by atoms with van der Waals surface area (Å²) in [5, 5.41) is 10.1. The molecule has 0 atom stereocenters. The topological polar surface area (TPSA) is 79.7 Å². The number of carboxylic acids is 1. The van der Waals surface area contributed by atoms with Crippen LogP contribution in [0.4, 0.5) is 5.69 Å². The van der Waals surface area contributed by atoms with Crippen molar-refractivity contribution < 1.29 is 19.4 Å². The Hall–Kier alpha value is -2.85. The van der Waals surface area contributed by atoms with Gasteiger partial charge in [-0.1, -0.05) is 18.8 Å². The van der Waals surface area contributed by atoms with Gasteiger partial charge in [-0.15, -0.1) is 11.3 Å². The molecule has 0 spiro atoms. The van der Waals surface area contributed by atoms with Crippen LogP contribution in [0.5, 0.6) is 5.75 Å². The lowest BCUT2D eigenvalue weighted by atomic mass is 9.81. The Bertz CT molecular complexity index is 1140. The molecular formula is C30H38N2O4S. The minimum Gasteiger partial charge on any atom is -0.489 e. The molecule has 0 unspecified atom stereocenters. The van der Waals surface area contributed by atoms with Crippen LogP contribution >= 0.6 is 11.3 Å². The van der Waals surface area contributed by atoms with Crippen LogP contribution in [0, 0.1) is 29.1 Å². The van der Waals surface area contributed by atoms with Gasteiger partial charge in [0.1, 0.15) is 10.6 Å². The minimum absolute atomic E-state index is 0.0579. The lowest BCUT2D eigenvalue weighted by molar-refractivity contribution is -0.124. The van der Waals surface area contributed by atoms with E-state index in [0.29, 0.717) is 16.5 Å². The average molecular weight is 523 g/mol. The van der Waals surface area contributed by atoms with Gasteiger partial charge in [-0.3, -0.25) is 9.78 Å². The second kappa shape index (κ2) is 11.7. The molecular weight excluding hydrogens is 484 g/mol. The molecule has 37 heavy (non-hydrogen) atoms. The molecule has 6 nitrogen and oxygen atoms in total. The highest BCUT2D eigenvalue weighted by Crippen LogP contribution is 2.39. The number of aromatic carboxylic acids is 1. The first-order chi connectivity index (χ1) is 17.6. The molecule has 2 aliphatic carbocycles. The first kappa shape index (κ1) is 27.2. The van der Waals surface area contributed by atoms with Crippen molar-refractivity contribution in [3.8, 4) is 17.6 Å². The van der Waals surface area contributed by atoms with E-state index in [9.17, 15) is 14.7 Å². The van der Waals surface area contributed by atoms with Crippen LogP contribution in [0.1, 0.15) is 93.6 Å². The number of aromatic nitrogens is 1. The predicted octanol–water partition coefficient (Wildman–Crippen LogP) is 6.79. The van der Waals surface area contributed by atoms with Gasteiger partial charge >= 0.3 is 5.97 Å². The van der Waals surface area contributed by atoms with Crippen molar-refractivity contribution in [2.24, 2.45) is 17.3 Å². The van der Waals surface area contributed by atoms with Gasteiger partial charge in [-0.05, 0) is 96.3 Å². The molecule has 0 aliphatic heterocycles. The van der Waals surface area contributed by atoms with Crippen LogP contribution < -0.4 is 9.64 Å². The second-order valence-corrected chi connectivity index (χ2v) is 12.6. The largest absolute Gasteiger partial charge is 0.489 e. The van der Waals surface area contributed by atoms with Crippen molar-refractivity contribution in [1.82, 2.24) is 4.98 Å². The number of anilines is 1. The maximum Gasteiger partial charge on any atom is 0.348 e. The van der Waals surface area contributed by atoms with Crippen molar-refractivity contribution >= 4 is 28.9 Å². The number of pyridine rings is 1. The van der Waals surface area contributed by atoms with Gasteiger partial charge in [-0.2, -0.15) is 0 Å². The molecule has 4 rings (SSSR count). The van der Waals surface area contributed by atoms with Crippen LogP contribution in [0.15, 0.2) is 30.6 Å². The molecule has 1 amide bonds. The van der Waals surface area contributed by atoms with E-state index in [1.54, 1.807) is 12.4 Å². The zero-order valence-electron chi connectivity index (χ0n) is 22.3. The van der Waals surface area contributed by atoms with E-state index >= 15 is 0 Å². The van der Waals surface area contributed by atoms with Crippen LogP contribution in [-0.2, 0) is 4.79 Å². The maximum absolute atomic E-state index is 14.0. The van der Waals surface area contributed by atoms with Crippen molar-refractivity contribution in [2.75, 3.05) is 4.90 Å². The molecule has 1 N–H and O–H groups in total. The van der Waals surface area contributed by atoms with Gasteiger partial charge in [0, 0.05) is 23.6 Å². The molecule has 2 aliphatic rings. The van der Waals surface area contributed by atoms with E-state index in [4.69, 9.17) is 4.74 Å². The Kier molecular flexibility index (Phi) is 8.59. The Morgan fingerprint density at radius 3 is 2.41 bits per heavy atom. The number of amides is 1. The number of ether oxygens (including phenoxy) is 1. The summed E-state index contributed by atoms with van der Waals surface area (Å²) >= 11 is 1.17. The number of hydrogen-bond acceptors (Lipinski definition) is 5. The summed E-state index contributed by atoms with van der Waals surface area (Å²) in [5.41, 5.74) is 0.310. The molecule has 2 aromatic rings. The predicted molar refractivity (Wildman–Crippen MR) is 147 cm³/mol. The SMILES string of the molecule is CC(C)(C)C#Cc1cc(N(C(=O)[C@H]2CC[C@H](C)CC2)[C@H]2CC[C@H](Oc3cccnc3)CC2)c(C(=O)O)s1. The molecule has 7 heteroatoms. The Labute approximate surface area is 224 Å². The highest BCUT2D eigenvalue weighted by atomic mass is 32.1. The van der Waals surface area contributed by atoms with Gasteiger partial charge in [0.25, 0.3) is 0 Å². The fourth-order valence-electron chi connectivity index (χ4n) is 5.25. The summed E-state index contributed by atoms with van der Waals surface area (Å²) in [6.45, 7) is 8.32. The zero-order valence-corrected chi connectivity index (χ0v) is 23.1. The van der Waals surface area contributed by atoms with E-state index in [2.05, 4.69) is 23.7 Å². The molecule has 2 aromatic heterocycles. The number of hydrogen-bond donors (Lipinski definition) is 1. The highest BCUT2D eigenvalue weighted by Gasteiger charge is 2.37. The van der Waals surface area contributed by atoms with E-state index in [1.807, 2.05) is 43.9 Å². The van der Waals surface area contributed by atoms with E-state index in [-0.39, 0.29) is 34.3 Å². The summed E-state index contributed by atoms with van der Waals surface area (Å²) in [6.07, 6.45) is 10.4. The highest BCUT2D eigenvalue weighted by molar-refractivity contribution is 7.15. The monoisotopic (exact) mass is 522 g/mol. The number of carboxylic acid groups (broad SMARTS) is 1.